The highest BCUT2D eigenvalue weighted by atomic mass is 35.5. The molecule has 0 saturated heterocycles. The summed E-state index contributed by atoms with van der Waals surface area (Å²) in [5.74, 6) is 0. The molecule has 0 bridgehead atoms. The van der Waals surface area contributed by atoms with Crippen LogP contribution in [0.3, 0.4) is 0 Å². The number of rotatable bonds is 7. The normalized spacial score (nSPS) is 12.2. The molecule has 0 aliphatic carbocycles. The largest absolute Gasteiger partial charge is 0.389 e. The van der Waals surface area contributed by atoms with Gasteiger partial charge in [0.05, 0.1) is 12.7 Å². The lowest BCUT2D eigenvalue weighted by atomic mass is 10.1. The third-order valence-electron chi connectivity index (χ3n) is 2.45. The number of halogens is 1. The molecule has 0 aliphatic rings. The highest BCUT2D eigenvalue weighted by Crippen LogP contribution is 2.20. The Kier molecular flexibility index (Phi) is 6.35. The van der Waals surface area contributed by atoms with Crippen LogP contribution in [0.4, 0.5) is 5.69 Å². The number of benzene rings is 1. The van der Waals surface area contributed by atoms with Gasteiger partial charge in [0.1, 0.15) is 4.99 Å². The first-order chi connectivity index (χ1) is 8.58. The second-order valence-corrected chi connectivity index (χ2v) is 4.62. The molecule has 100 valence electrons. The van der Waals surface area contributed by atoms with E-state index in [-0.39, 0.29) is 6.10 Å². The van der Waals surface area contributed by atoms with Crippen molar-refractivity contribution in [3.05, 3.63) is 28.8 Å². The van der Waals surface area contributed by atoms with Crippen molar-refractivity contribution in [2.24, 2.45) is 5.73 Å². The monoisotopic (exact) mass is 288 g/mol. The minimum atomic E-state index is -0.0372. The minimum absolute atomic E-state index is 0.0372. The van der Waals surface area contributed by atoms with E-state index in [9.17, 15) is 0 Å². The Morgan fingerprint density at radius 2 is 2.22 bits per heavy atom. The maximum absolute atomic E-state index is 5.91. The molecule has 18 heavy (non-hydrogen) atoms. The Bertz CT molecular complexity index is 415. The molecule has 0 fully saturated rings. The van der Waals surface area contributed by atoms with Gasteiger partial charge in [-0.2, -0.15) is 0 Å². The molecule has 4 nitrogen and oxygen atoms in total. The van der Waals surface area contributed by atoms with Crippen LogP contribution < -0.4 is 11.1 Å². The molecular formula is C12H17ClN2O2S. The number of nitrogens with one attached hydrogen (secondary N) is 1. The predicted molar refractivity (Wildman–Crippen MR) is 78.5 cm³/mol. The van der Waals surface area contributed by atoms with Crippen molar-refractivity contribution in [2.45, 2.75) is 6.10 Å². The van der Waals surface area contributed by atoms with E-state index in [1.807, 2.05) is 6.07 Å². The SMILES string of the molecule is COCC(CNc1ccc(Cl)cc1C(N)=S)OC. The molecule has 1 unspecified atom stereocenters. The molecule has 0 saturated carbocycles. The van der Waals surface area contributed by atoms with Crippen LogP contribution in [0.5, 0.6) is 0 Å². The van der Waals surface area contributed by atoms with E-state index in [0.29, 0.717) is 23.2 Å². The maximum atomic E-state index is 5.91. The van der Waals surface area contributed by atoms with Gasteiger partial charge in [0.15, 0.2) is 0 Å². The molecule has 1 rings (SSSR count). The Morgan fingerprint density at radius 1 is 1.50 bits per heavy atom. The summed E-state index contributed by atoms with van der Waals surface area (Å²) in [7, 11) is 3.27. The molecule has 1 atom stereocenters. The number of ether oxygens (including phenoxy) is 2. The zero-order chi connectivity index (χ0) is 13.5. The molecule has 0 amide bonds. The maximum Gasteiger partial charge on any atom is 0.106 e. The van der Waals surface area contributed by atoms with Crippen molar-refractivity contribution in [2.75, 3.05) is 32.7 Å². The second-order valence-electron chi connectivity index (χ2n) is 3.75. The Labute approximate surface area is 117 Å². The highest BCUT2D eigenvalue weighted by Gasteiger charge is 2.10. The lowest BCUT2D eigenvalue weighted by Crippen LogP contribution is -2.27. The molecule has 0 spiro atoms. The fourth-order valence-corrected chi connectivity index (χ4v) is 1.84. The lowest BCUT2D eigenvalue weighted by molar-refractivity contribution is 0.0365. The topological polar surface area (TPSA) is 56.5 Å². The summed E-state index contributed by atoms with van der Waals surface area (Å²) in [4.78, 5) is 0.306. The minimum Gasteiger partial charge on any atom is -0.389 e. The van der Waals surface area contributed by atoms with Crippen molar-refractivity contribution in [3.63, 3.8) is 0 Å². The Balaban J connectivity index is 2.74. The van der Waals surface area contributed by atoms with Crippen LogP contribution in [0.25, 0.3) is 0 Å². The van der Waals surface area contributed by atoms with E-state index in [1.54, 1.807) is 26.4 Å². The summed E-state index contributed by atoms with van der Waals surface area (Å²) in [6.07, 6.45) is -0.0372. The number of methoxy groups -OCH3 is 2. The van der Waals surface area contributed by atoms with Crippen molar-refractivity contribution >= 4 is 34.5 Å². The third-order valence-corrected chi connectivity index (χ3v) is 2.91. The number of anilines is 1. The zero-order valence-corrected chi connectivity index (χ0v) is 12.0. The number of hydrogen-bond acceptors (Lipinski definition) is 4. The number of thiocarbonyl (C=S) groups is 1. The van der Waals surface area contributed by atoms with E-state index < -0.39 is 0 Å². The quantitative estimate of drug-likeness (QED) is 0.752. The summed E-state index contributed by atoms with van der Waals surface area (Å²) in [6.45, 7) is 1.11. The average molecular weight is 289 g/mol. The first kappa shape index (κ1) is 15.2. The van der Waals surface area contributed by atoms with Gasteiger partial charge in [0.25, 0.3) is 0 Å². The van der Waals surface area contributed by atoms with Gasteiger partial charge in [-0.25, -0.2) is 0 Å². The van der Waals surface area contributed by atoms with Crippen LogP contribution in [0.2, 0.25) is 5.02 Å². The van der Waals surface area contributed by atoms with Crippen LogP contribution >= 0.6 is 23.8 Å². The molecular weight excluding hydrogens is 272 g/mol. The summed E-state index contributed by atoms with van der Waals surface area (Å²) in [5.41, 5.74) is 7.22. The smallest absolute Gasteiger partial charge is 0.106 e. The highest BCUT2D eigenvalue weighted by molar-refractivity contribution is 7.80. The number of nitrogens with two attached hydrogens (primary N) is 1. The van der Waals surface area contributed by atoms with Gasteiger partial charge in [-0.3, -0.25) is 0 Å². The summed E-state index contributed by atoms with van der Waals surface area (Å²) in [5, 5.41) is 3.83. The van der Waals surface area contributed by atoms with Gasteiger partial charge in [-0.15, -0.1) is 0 Å². The molecule has 1 aromatic rings. The van der Waals surface area contributed by atoms with Gasteiger partial charge < -0.3 is 20.5 Å². The standard InChI is InChI=1S/C12H17ClN2O2S/c1-16-7-9(17-2)6-15-11-4-3-8(13)5-10(11)12(14)18/h3-5,9,15H,6-7H2,1-2H3,(H2,14,18). The third kappa shape index (κ3) is 4.42. The lowest BCUT2D eigenvalue weighted by Gasteiger charge is -2.17. The summed E-state index contributed by atoms with van der Waals surface area (Å²) >= 11 is 10.9. The molecule has 0 radical (unpaired) electrons. The molecule has 1 aromatic carbocycles. The van der Waals surface area contributed by atoms with E-state index in [0.717, 1.165) is 11.3 Å². The summed E-state index contributed by atoms with van der Waals surface area (Å²) in [6, 6.07) is 5.37. The van der Waals surface area contributed by atoms with Gasteiger partial charge in [0, 0.05) is 37.0 Å². The Morgan fingerprint density at radius 3 is 2.78 bits per heavy atom. The van der Waals surface area contributed by atoms with E-state index in [1.165, 1.54) is 0 Å². The van der Waals surface area contributed by atoms with Crippen LogP contribution in [0, 0.1) is 0 Å². The second kappa shape index (κ2) is 7.53. The van der Waals surface area contributed by atoms with Crippen molar-refractivity contribution < 1.29 is 9.47 Å². The van der Waals surface area contributed by atoms with Crippen LogP contribution in [0.1, 0.15) is 5.56 Å². The zero-order valence-electron chi connectivity index (χ0n) is 10.4. The van der Waals surface area contributed by atoms with Crippen molar-refractivity contribution in [3.8, 4) is 0 Å². The van der Waals surface area contributed by atoms with Crippen LogP contribution in [-0.2, 0) is 9.47 Å². The first-order valence-electron chi connectivity index (χ1n) is 5.43. The van der Waals surface area contributed by atoms with E-state index in [4.69, 9.17) is 39.0 Å². The van der Waals surface area contributed by atoms with Crippen molar-refractivity contribution in [1.82, 2.24) is 0 Å². The van der Waals surface area contributed by atoms with Gasteiger partial charge >= 0.3 is 0 Å². The van der Waals surface area contributed by atoms with E-state index in [2.05, 4.69) is 5.32 Å². The molecule has 3 N–H and O–H groups in total. The fourth-order valence-electron chi connectivity index (χ4n) is 1.49. The molecule has 6 heteroatoms. The van der Waals surface area contributed by atoms with Gasteiger partial charge in [-0.05, 0) is 18.2 Å². The van der Waals surface area contributed by atoms with Crippen LogP contribution in [-0.4, -0.2) is 38.5 Å². The first-order valence-corrected chi connectivity index (χ1v) is 6.22. The predicted octanol–water partition coefficient (Wildman–Crippen LogP) is 2.05. The van der Waals surface area contributed by atoms with Gasteiger partial charge in [0.2, 0.25) is 0 Å². The number of hydrogen-bond donors (Lipinski definition) is 2. The van der Waals surface area contributed by atoms with E-state index >= 15 is 0 Å². The average Bonchev–Trinajstić information content (AvgIpc) is 2.35. The fraction of sp³-hybridized carbons (Fsp3) is 0.417. The van der Waals surface area contributed by atoms with Crippen LogP contribution in [0.15, 0.2) is 18.2 Å². The van der Waals surface area contributed by atoms with Gasteiger partial charge in [-0.1, -0.05) is 23.8 Å². The molecule has 0 aromatic heterocycles. The van der Waals surface area contributed by atoms with Crippen molar-refractivity contribution in [1.29, 1.82) is 0 Å². The Hall–Kier alpha value is -0.880. The summed E-state index contributed by atoms with van der Waals surface area (Å²) < 4.78 is 10.3. The molecule has 0 aliphatic heterocycles. The molecule has 0 heterocycles.